The Morgan fingerprint density at radius 1 is 1.12 bits per heavy atom. The predicted molar refractivity (Wildman–Crippen MR) is 109 cm³/mol. The molecule has 0 amide bonds. The molecule has 0 heterocycles. The minimum atomic E-state index is -0.129. The molecular weight excluding hydrogens is 306 g/mol. The molecule has 0 spiro atoms. The molecule has 2 heteroatoms. The number of hydrogen-bond acceptors (Lipinski definition) is 2. The second-order valence-electron chi connectivity index (χ2n) is 8.24. The van der Waals surface area contributed by atoms with Crippen molar-refractivity contribution >= 4 is 0 Å². The number of unbranched alkanes of at least 4 members (excludes halogenated alkanes) is 3. The molecule has 0 radical (unpaired) electrons. The zero-order valence-corrected chi connectivity index (χ0v) is 16.7. The minimum absolute atomic E-state index is 0.129. The van der Waals surface area contributed by atoms with Crippen LogP contribution in [0.2, 0.25) is 0 Å². The molecule has 2 aliphatic carbocycles. The van der Waals surface area contributed by atoms with Crippen LogP contribution in [0.1, 0.15) is 64.7 Å². The lowest BCUT2D eigenvalue weighted by molar-refractivity contribution is 0.141. The summed E-state index contributed by atoms with van der Waals surface area (Å²) in [4.78, 5) is 2.27. The van der Waals surface area contributed by atoms with Crippen LogP contribution < -0.4 is 0 Å². The van der Waals surface area contributed by atoms with Crippen LogP contribution in [-0.2, 0) is 0 Å². The summed E-state index contributed by atoms with van der Waals surface area (Å²) in [6.45, 7) is 3.38. The molecule has 2 rings (SSSR count). The van der Waals surface area contributed by atoms with Gasteiger partial charge in [0.1, 0.15) is 0 Å². The molecule has 0 unspecified atom stereocenters. The zero-order valence-electron chi connectivity index (χ0n) is 16.7. The molecule has 25 heavy (non-hydrogen) atoms. The standard InChI is InChI=1S/C23H39NO/c1-4-5-6-7-8-11-14-21-22-17-19(16-20(22)18-23(21)25)13-10-9-12-15-24(2)3/h5-6,11,14,16,20-23,25H,4,7-10,12-13,15,17-18H2,1-3H3/b6-5-,14-11+/t20-,21+,22-,23+/m0/s1. The Kier molecular flexibility index (Phi) is 8.98. The van der Waals surface area contributed by atoms with Crippen molar-refractivity contribution in [2.24, 2.45) is 17.8 Å². The maximum Gasteiger partial charge on any atom is 0.0611 e. The van der Waals surface area contributed by atoms with Crippen LogP contribution in [0.5, 0.6) is 0 Å². The van der Waals surface area contributed by atoms with Crippen LogP contribution in [-0.4, -0.2) is 36.8 Å². The first-order valence-electron chi connectivity index (χ1n) is 10.5. The molecule has 2 aliphatic rings. The number of nitrogens with zero attached hydrogens (tertiary/aromatic N) is 1. The van der Waals surface area contributed by atoms with Crippen molar-refractivity contribution in [3.05, 3.63) is 36.0 Å². The highest BCUT2D eigenvalue weighted by molar-refractivity contribution is 5.20. The number of hydrogen-bond donors (Lipinski definition) is 1. The van der Waals surface area contributed by atoms with Crippen molar-refractivity contribution in [1.29, 1.82) is 0 Å². The quantitative estimate of drug-likeness (QED) is 0.403. The monoisotopic (exact) mass is 345 g/mol. The maximum absolute atomic E-state index is 10.4. The van der Waals surface area contributed by atoms with Gasteiger partial charge in [-0.25, -0.2) is 0 Å². The smallest absolute Gasteiger partial charge is 0.0611 e. The molecule has 0 aromatic heterocycles. The highest BCUT2D eigenvalue weighted by Gasteiger charge is 2.42. The average molecular weight is 346 g/mol. The maximum atomic E-state index is 10.4. The van der Waals surface area contributed by atoms with E-state index in [2.05, 4.69) is 56.3 Å². The first-order valence-corrected chi connectivity index (χ1v) is 10.5. The van der Waals surface area contributed by atoms with Gasteiger partial charge in [0, 0.05) is 5.92 Å². The SMILES string of the molecule is CC/C=C\CC/C=C/[C@@H]1[C@H]2CC(CCCCCN(C)C)=C[C@H]2C[C@H]1O. The van der Waals surface area contributed by atoms with Gasteiger partial charge in [-0.15, -0.1) is 0 Å². The van der Waals surface area contributed by atoms with Gasteiger partial charge in [-0.1, -0.05) is 49.3 Å². The Labute approximate surface area is 155 Å². The van der Waals surface area contributed by atoms with Crippen LogP contribution >= 0.6 is 0 Å². The third-order valence-corrected chi connectivity index (χ3v) is 5.81. The number of rotatable bonds is 11. The van der Waals surface area contributed by atoms with E-state index in [0.717, 1.165) is 25.7 Å². The minimum Gasteiger partial charge on any atom is -0.392 e. The second-order valence-corrected chi connectivity index (χ2v) is 8.24. The summed E-state index contributed by atoms with van der Waals surface area (Å²) in [5.74, 6) is 1.67. The Morgan fingerprint density at radius 3 is 2.68 bits per heavy atom. The molecule has 0 saturated heterocycles. The highest BCUT2D eigenvalue weighted by Crippen LogP contribution is 2.48. The molecule has 142 valence electrons. The van der Waals surface area contributed by atoms with Crippen molar-refractivity contribution in [2.75, 3.05) is 20.6 Å². The van der Waals surface area contributed by atoms with Gasteiger partial charge in [0.15, 0.2) is 0 Å². The Hall–Kier alpha value is -0.860. The van der Waals surface area contributed by atoms with Gasteiger partial charge in [0.2, 0.25) is 0 Å². The van der Waals surface area contributed by atoms with Gasteiger partial charge in [-0.05, 0) is 83.8 Å². The number of aliphatic hydroxyl groups excluding tert-OH is 1. The summed E-state index contributed by atoms with van der Waals surface area (Å²) in [7, 11) is 4.31. The summed E-state index contributed by atoms with van der Waals surface area (Å²) in [6.07, 6.45) is 22.3. The molecule has 0 aliphatic heterocycles. The van der Waals surface area contributed by atoms with E-state index in [9.17, 15) is 5.11 Å². The lowest BCUT2D eigenvalue weighted by Crippen LogP contribution is -2.17. The van der Waals surface area contributed by atoms with Crippen molar-refractivity contribution in [1.82, 2.24) is 4.90 Å². The normalized spacial score (nSPS) is 29.2. The van der Waals surface area contributed by atoms with Gasteiger partial charge >= 0.3 is 0 Å². The highest BCUT2D eigenvalue weighted by atomic mass is 16.3. The van der Waals surface area contributed by atoms with E-state index < -0.39 is 0 Å². The van der Waals surface area contributed by atoms with E-state index in [-0.39, 0.29) is 6.10 Å². The summed E-state index contributed by atoms with van der Waals surface area (Å²) >= 11 is 0. The van der Waals surface area contributed by atoms with Crippen LogP contribution in [0.3, 0.4) is 0 Å². The first-order chi connectivity index (χ1) is 12.1. The molecule has 0 bridgehead atoms. The average Bonchev–Trinajstić information content (AvgIpc) is 3.07. The Bertz CT molecular complexity index is 463. The summed E-state index contributed by atoms with van der Waals surface area (Å²) in [5, 5.41) is 10.4. The molecule has 1 saturated carbocycles. The van der Waals surface area contributed by atoms with Crippen LogP contribution in [0.25, 0.3) is 0 Å². The summed E-state index contributed by atoms with van der Waals surface area (Å²) in [6, 6.07) is 0. The summed E-state index contributed by atoms with van der Waals surface area (Å²) < 4.78 is 0. The molecule has 2 nitrogen and oxygen atoms in total. The van der Waals surface area contributed by atoms with Gasteiger partial charge in [0.25, 0.3) is 0 Å². The van der Waals surface area contributed by atoms with E-state index in [1.807, 2.05) is 0 Å². The molecule has 0 aromatic rings. The van der Waals surface area contributed by atoms with Crippen molar-refractivity contribution in [3.8, 4) is 0 Å². The third-order valence-electron chi connectivity index (χ3n) is 5.81. The van der Waals surface area contributed by atoms with Gasteiger partial charge in [-0.2, -0.15) is 0 Å². The van der Waals surface area contributed by atoms with Crippen molar-refractivity contribution in [3.63, 3.8) is 0 Å². The fraction of sp³-hybridized carbons (Fsp3) is 0.739. The molecule has 4 atom stereocenters. The van der Waals surface area contributed by atoms with Crippen molar-refractivity contribution < 1.29 is 5.11 Å². The van der Waals surface area contributed by atoms with Gasteiger partial charge in [0.05, 0.1) is 6.10 Å². The second kappa shape index (κ2) is 11.0. The first kappa shape index (κ1) is 20.5. The Morgan fingerprint density at radius 2 is 1.92 bits per heavy atom. The summed E-state index contributed by atoms with van der Waals surface area (Å²) in [5.41, 5.74) is 1.66. The van der Waals surface area contributed by atoms with Crippen LogP contribution in [0.15, 0.2) is 36.0 Å². The molecular formula is C23H39NO. The van der Waals surface area contributed by atoms with Crippen molar-refractivity contribution in [2.45, 2.75) is 70.8 Å². The Balaban J connectivity index is 1.71. The number of allylic oxidation sites excluding steroid dienone is 5. The van der Waals surface area contributed by atoms with Crippen LogP contribution in [0.4, 0.5) is 0 Å². The predicted octanol–water partition coefficient (Wildman–Crippen LogP) is 5.35. The fourth-order valence-corrected chi connectivity index (χ4v) is 4.48. The van der Waals surface area contributed by atoms with Gasteiger partial charge in [-0.3, -0.25) is 0 Å². The lowest BCUT2D eigenvalue weighted by atomic mass is 9.88. The number of aliphatic hydroxyl groups is 1. The fourth-order valence-electron chi connectivity index (χ4n) is 4.48. The topological polar surface area (TPSA) is 23.5 Å². The molecule has 0 aromatic carbocycles. The van der Waals surface area contributed by atoms with E-state index in [1.165, 1.54) is 38.6 Å². The third kappa shape index (κ3) is 6.75. The van der Waals surface area contributed by atoms with Crippen LogP contribution in [0, 0.1) is 17.8 Å². The largest absolute Gasteiger partial charge is 0.392 e. The lowest BCUT2D eigenvalue weighted by Gasteiger charge is -2.18. The van der Waals surface area contributed by atoms with E-state index in [1.54, 1.807) is 5.57 Å². The van der Waals surface area contributed by atoms with E-state index in [4.69, 9.17) is 0 Å². The zero-order chi connectivity index (χ0) is 18.1. The molecule has 1 fully saturated rings. The van der Waals surface area contributed by atoms with E-state index in [0.29, 0.717) is 17.8 Å². The molecule has 1 N–H and O–H groups in total. The van der Waals surface area contributed by atoms with E-state index >= 15 is 0 Å². The number of fused-ring (bicyclic) bond motifs is 1. The van der Waals surface area contributed by atoms with Gasteiger partial charge < -0.3 is 10.0 Å².